The van der Waals surface area contributed by atoms with E-state index in [1.165, 1.54) is 128 Å². The molecule has 0 aromatic heterocycles. The molecule has 29 heavy (non-hydrogen) atoms. The molecule has 176 valence electrons. The molecule has 0 N–H and O–H groups in total. The van der Waals surface area contributed by atoms with Crippen LogP contribution in [0.5, 0.6) is 0 Å². The van der Waals surface area contributed by atoms with Gasteiger partial charge in [-0.1, -0.05) is 142 Å². The molecule has 0 fully saturated rings. The Morgan fingerprint density at radius 3 is 1.03 bits per heavy atom. The SMILES string of the molecule is CCCCCCCCCCCCCCCCCC(F)CCCCCCCCCS. The van der Waals surface area contributed by atoms with Gasteiger partial charge in [-0.05, 0) is 25.0 Å². The van der Waals surface area contributed by atoms with E-state index in [9.17, 15) is 4.39 Å². The lowest BCUT2D eigenvalue weighted by Gasteiger charge is -2.08. The molecule has 0 bridgehead atoms. The summed E-state index contributed by atoms with van der Waals surface area (Å²) in [6.45, 7) is 2.29. The third kappa shape index (κ3) is 26.2. The zero-order chi connectivity index (χ0) is 21.3. The van der Waals surface area contributed by atoms with E-state index in [0.717, 1.165) is 31.4 Å². The summed E-state index contributed by atoms with van der Waals surface area (Å²) in [6.07, 6.45) is 30.6. The molecule has 0 nitrogen and oxygen atoms in total. The van der Waals surface area contributed by atoms with Gasteiger partial charge < -0.3 is 0 Å². The molecular weight excluding hydrogens is 375 g/mol. The van der Waals surface area contributed by atoms with E-state index in [4.69, 9.17) is 0 Å². The van der Waals surface area contributed by atoms with Crippen molar-refractivity contribution in [2.45, 2.75) is 167 Å². The number of halogens is 1. The molecule has 0 radical (unpaired) electrons. The van der Waals surface area contributed by atoms with E-state index in [2.05, 4.69) is 19.6 Å². The summed E-state index contributed by atoms with van der Waals surface area (Å²) in [5.41, 5.74) is 0. The van der Waals surface area contributed by atoms with Crippen LogP contribution in [0, 0.1) is 0 Å². The quantitative estimate of drug-likeness (QED) is 0.108. The lowest BCUT2D eigenvalue weighted by Crippen LogP contribution is -2.00. The van der Waals surface area contributed by atoms with Crippen molar-refractivity contribution in [1.82, 2.24) is 0 Å². The van der Waals surface area contributed by atoms with Crippen LogP contribution in [0.1, 0.15) is 161 Å². The summed E-state index contributed by atoms with van der Waals surface area (Å²) in [6, 6.07) is 0. The van der Waals surface area contributed by atoms with Crippen LogP contribution >= 0.6 is 12.6 Å². The Hall–Kier alpha value is 0.280. The van der Waals surface area contributed by atoms with Crippen LogP contribution in [-0.4, -0.2) is 11.9 Å². The highest BCUT2D eigenvalue weighted by atomic mass is 32.1. The maximum atomic E-state index is 13.9. The van der Waals surface area contributed by atoms with Crippen LogP contribution in [0.15, 0.2) is 0 Å². The first kappa shape index (κ1) is 29.3. The Labute approximate surface area is 190 Å². The van der Waals surface area contributed by atoms with E-state index in [-0.39, 0.29) is 0 Å². The van der Waals surface area contributed by atoms with Crippen LogP contribution < -0.4 is 0 Å². The molecule has 1 unspecified atom stereocenters. The second-order valence-electron chi connectivity index (χ2n) is 9.32. The predicted molar refractivity (Wildman–Crippen MR) is 135 cm³/mol. The smallest absolute Gasteiger partial charge is 0.100 e. The van der Waals surface area contributed by atoms with Crippen molar-refractivity contribution in [3.05, 3.63) is 0 Å². The van der Waals surface area contributed by atoms with Gasteiger partial charge in [0.05, 0.1) is 0 Å². The maximum Gasteiger partial charge on any atom is 0.100 e. The molecule has 0 spiro atoms. The van der Waals surface area contributed by atoms with Crippen molar-refractivity contribution in [2.24, 2.45) is 0 Å². The van der Waals surface area contributed by atoms with E-state index in [1.54, 1.807) is 0 Å². The highest BCUT2D eigenvalue weighted by Crippen LogP contribution is 2.17. The molecular formula is C27H55FS. The molecule has 0 aromatic carbocycles. The minimum Gasteiger partial charge on any atom is -0.247 e. The fourth-order valence-corrected chi connectivity index (χ4v) is 4.47. The third-order valence-electron chi connectivity index (χ3n) is 6.30. The first-order valence-corrected chi connectivity index (χ1v) is 14.2. The van der Waals surface area contributed by atoms with Gasteiger partial charge in [0.2, 0.25) is 0 Å². The molecule has 1 atom stereocenters. The molecule has 0 saturated heterocycles. The molecule has 2 heteroatoms. The summed E-state index contributed by atoms with van der Waals surface area (Å²) >= 11 is 4.24. The van der Waals surface area contributed by atoms with Crippen molar-refractivity contribution in [3.8, 4) is 0 Å². The standard InChI is InChI=1S/C27H55FS/c1-2-3-4-5-6-7-8-9-10-11-12-13-15-18-21-24-27(28)25-22-19-16-14-17-20-23-26-29/h27,29H,2-26H2,1H3. The number of hydrogen-bond donors (Lipinski definition) is 1. The minimum atomic E-state index is -0.541. The average Bonchev–Trinajstić information content (AvgIpc) is 2.72. The Bertz CT molecular complexity index is 282. The van der Waals surface area contributed by atoms with Crippen LogP contribution in [0.3, 0.4) is 0 Å². The number of thiol groups is 1. The van der Waals surface area contributed by atoms with Gasteiger partial charge in [-0.25, -0.2) is 4.39 Å². The Morgan fingerprint density at radius 2 is 0.724 bits per heavy atom. The van der Waals surface area contributed by atoms with Gasteiger partial charge in [0.15, 0.2) is 0 Å². The Balaban J connectivity index is 3.11. The van der Waals surface area contributed by atoms with Gasteiger partial charge >= 0.3 is 0 Å². The van der Waals surface area contributed by atoms with Crippen molar-refractivity contribution >= 4 is 12.6 Å². The summed E-state index contributed by atoms with van der Waals surface area (Å²) in [7, 11) is 0. The highest BCUT2D eigenvalue weighted by Gasteiger charge is 2.05. The fraction of sp³-hybridized carbons (Fsp3) is 1.00. The zero-order valence-corrected chi connectivity index (χ0v) is 21.0. The van der Waals surface area contributed by atoms with Crippen molar-refractivity contribution in [2.75, 3.05) is 5.75 Å². The van der Waals surface area contributed by atoms with E-state index in [1.807, 2.05) is 0 Å². The largest absolute Gasteiger partial charge is 0.247 e. The molecule has 0 aliphatic rings. The minimum absolute atomic E-state index is 0.541. The first-order valence-electron chi connectivity index (χ1n) is 13.6. The van der Waals surface area contributed by atoms with E-state index >= 15 is 0 Å². The van der Waals surface area contributed by atoms with E-state index in [0.29, 0.717) is 0 Å². The molecule has 0 aliphatic carbocycles. The van der Waals surface area contributed by atoms with Crippen molar-refractivity contribution in [1.29, 1.82) is 0 Å². The van der Waals surface area contributed by atoms with Crippen LogP contribution in [0.25, 0.3) is 0 Å². The number of hydrogen-bond acceptors (Lipinski definition) is 1. The van der Waals surface area contributed by atoms with Crippen LogP contribution in [0.2, 0.25) is 0 Å². The van der Waals surface area contributed by atoms with Gasteiger partial charge in [0, 0.05) is 0 Å². The van der Waals surface area contributed by atoms with E-state index < -0.39 is 6.17 Å². The molecule has 0 rings (SSSR count). The molecule has 0 aliphatic heterocycles. The summed E-state index contributed by atoms with van der Waals surface area (Å²) in [5, 5.41) is 0. The van der Waals surface area contributed by atoms with Gasteiger partial charge in [-0.3, -0.25) is 0 Å². The van der Waals surface area contributed by atoms with Gasteiger partial charge in [0.1, 0.15) is 6.17 Å². The summed E-state index contributed by atoms with van der Waals surface area (Å²) in [4.78, 5) is 0. The lowest BCUT2D eigenvalue weighted by atomic mass is 10.0. The first-order chi connectivity index (χ1) is 14.3. The lowest BCUT2D eigenvalue weighted by molar-refractivity contribution is 0.279. The Kier molecular flexibility index (Phi) is 26.6. The summed E-state index contributed by atoms with van der Waals surface area (Å²) < 4.78 is 13.9. The predicted octanol–water partition coefficient (Wildman–Crippen LogP) is 10.6. The van der Waals surface area contributed by atoms with Gasteiger partial charge in [0.25, 0.3) is 0 Å². The normalized spacial score (nSPS) is 12.5. The monoisotopic (exact) mass is 430 g/mol. The molecule has 0 saturated carbocycles. The topological polar surface area (TPSA) is 0 Å². The molecule has 0 heterocycles. The van der Waals surface area contributed by atoms with Gasteiger partial charge in [-0.2, -0.15) is 12.6 Å². The van der Waals surface area contributed by atoms with Crippen LogP contribution in [0.4, 0.5) is 4.39 Å². The average molecular weight is 431 g/mol. The zero-order valence-electron chi connectivity index (χ0n) is 20.1. The second kappa shape index (κ2) is 26.3. The van der Waals surface area contributed by atoms with Crippen molar-refractivity contribution in [3.63, 3.8) is 0 Å². The fourth-order valence-electron chi connectivity index (χ4n) is 4.24. The second-order valence-corrected chi connectivity index (χ2v) is 9.77. The molecule has 0 amide bonds. The number of rotatable bonds is 25. The highest BCUT2D eigenvalue weighted by molar-refractivity contribution is 7.80. The molecule has 0 aromatic rings. The van der Waals surface area contributed by atoms with Crippen molar-refractivity contribution < 1.29 is 4.39 Å². The van der Waals surface area contributed by atoms with Gasteiger partial charge in [-0.15, -0.1) is 0 Å². The maximum absolute atomic E-state index is 13.9. The number of alkyl halides is 1. The third-order valence-corrected chi connectivity index (χ3v) is 6.61. The number of unbranched alkanes of at least 4 members (excludes halogenated alkanes) is 20. The summed E-state index contributed by atoms with van der Waals surface area (Å²) in [5.74, 6) is 1.02. The Morgan fingerprint density at radius 1 is 0.448 bits per heavy atom. The van der Waals surface area contributed by atoms with Crippen LogP contribution in [-0.2, 0) is 0 Å².